The highest BCUT2D eigenvalue weighted by Crippen LogP contribution is 2.29. The molecule has 0 aliphatic carbocycles. The molecule has 0 radical (unpaired) electrons. The van der Waals surface area contributed by atoms with Gasteiger partial charge in [-0.25, -0.2) is 0 Å². The molecule has 0 aliphatic rings. The van der Waals surface area contributed by atoms with Crippen LogP contribution in [0, 0.1) is 0 Å². The van der Waals surface area contributed by atoms with Crippen LogP contribution in [0.2, 0.25) is 0 Å². The number of hydrogen-bond acceptors (Lipinski definition) is 2. The van der Waals surface area contributed by atoms with Gasteiger partial charge >= 0.3 is 6.18 Å². The fourth-order valence-electron chi connectivity index (χ4n) is 2.25. The molecule has 0 fully saturated rings. The van der Waals surface area contributed by atoms with E-state index in [0.717, 1.165) is 5.69 Å². The Morgan fingerprint density at radius 2 is 1.90 bits per heavy atom. The summed E-state index contributed by atoms with van der Waals surface area (Å²) in [5.41, 5.74) is 1.64. The minimum atomic E-state index is -4.19. The van der Waals surface area contributed by atoms with Gasteiger partial charge in [0.2, 0.25) is 0 Å². The first-order valence-corrected chi connectivity index (χ1v) is 6.77. The van der Waals surface area contributed by atoms with Crippen molar-refractivity contribution in [1.29, 1.82) is 0 Å². The van der Waals surface area contributed by atoms with Crippen LogP contribution in [0.5, 0.6) is 0 Å². The van der Waals surface area contributed by atoms with Crippen LogP contribution in [-0.2, 0) is 13.5 Å². The van der Waals surface area contributed by atoms with Gasteiger partial charge in [0.25, 0.3) is 0 Å². The average Bonchev–Trinajstić information content (AvgIpc) is 2.83. The van der Waals surface area contributed by atoms with Crippen molar-refractivity contribution in [3.05, 3.63) is 53.9 Å². The van der Waals surface area contributed by atoms with Crippen molar-refractivity contribution in [2.24, 2.45) is 7.05 Å². The number of nitrogens with zero attached hydrogens (tertiary/aromatic N) is 2. The molecule has 1 atom stereocenters. The molecule has 0 saturated heterocycles. The summed E-state index contributed by atoms with van der Waals surface area (Å²) in [6, 6.07) is 9.87. The fourth-order valence-corrected chi connectivity index (χ4v) is 2.25. The number of rotatable bonds is 6. The summed E-state index contributed by atoms with van der Waals surface area (Å²) >= 11 is 0. The second-order valence-corrected chi connectivity index (χ2v) is 4.93. The topological polar surface area (TPSA) is 29.9 Å². The van der Waals surface area contributed by atoms with Crippen LogP contribution in [0.4, 0.5) is 13.2 Å². The smallest absolute Gasteiger partial charge is 0.309 e. The third kappa shape index (κ3) is 4.90. The van der Waals surface area contributed by atoms with E-state index in [2.05, 4.69) is 10.4 Å². The maximum Gasteiger partial charge on any atom is 0.390 e. The Hall–Kier alpha value is -1.82. The zero-order valence-electron chi connectivity index (χ0n) is 11.8. The SMILES string of the molecule is Cn1nccc1CCNC(CC(F)(F)F)c1ccccc1. The van der Waals surface area contributed by atoms with E-state index in [1.807, 2.05) is 13.1 Å². The predicted molar refractivity (Wildman–Crippen MR) is 74.8 cm³/mol. The molecule has 0 spiro atoms. The minimum absolute atomic E-state index is 0.467. The molecule has 6 heteroatoms. The van der Waals surface area contributed by atoms with Crippen LogP contribution in [-0.4, -0.2) is 22.5 Å². The Labute approximate surface area is 121 Å². The summed E-state index contributed by atoms with van der Waals surface area (Å²) in [5.74, 6) is 0. The zero-order chi connectivity index (χ0) is 15.3. The van der Waals surface area contributed by atoms with E-state index < -0.39 is 18.6 Å². The van der Waals surface area contributed by atoms with E-state index in [0.29, 0.717) is 18.5 Å². The molecule has 21 heavy (non-hydrogen) atoms. The maximum absolute atomic E-state index is 12.7. The summed E-state index contributed by atoms with van der Waals surface area (Å²) in [5, 5.41) is 7.04. The molecule has 0 amide bonds. The Bertz CT molecular complexity index is 549. The van der Waals surface area contributed by atoms with Gasteiger partial charge in [-0.3, -0.25) is 4.68 Å². The lowest BCUT2D eigenvalue weighted by Gasteiger charge is -2.20. The zero-order valence-corrected chi connectivity index (χ0v) is 11.8. The first-order valence-electron chi connectivity index (χ1n) is 6.77. The first kappa shape index (κ1) is 15.6. The number of nitrogens with one attached hydrogen (secondary N) is 1. The largest absolute Gasteiger partial charge is 0.390 e. The fraction of sp³-hybridized carbons (Fsp3) is 0.400. The lowest BCUT2D eigenvalue weighted by molar-refractivity contribution is -0.140. The molecule has 0 saturated carbocycles. The van der Waals surface area contributed by atoms with Crippen molar-refractivity contribution in [2.45, 2.75) is 25.1 Å². The van der Waals surface area contributed by atoms with Gasteiger partial charge in [0.05, 0.1) is 6.42 Å². The second-order valence-electron chi connectivity index (χ2n) is 4.93. The summed E-state index contributed by atoms with van der Waals surface area (Å²) in [4.78, 5) is 0. The van der Waals surface area contributed by atoms with Crippen molar-refractivity contribution in [3.63, 3.8) is 0 Å². The maximum atomic E-state index is 12.7. The van der Waals surface area contributed by atoms with Gasteiger partial charge in [-0.05, 0) is 11.6 Å². The number of aromatic nitrogens is 2. The van der Waals surface area contributed by atoms with Gasteiger partial charge in [0.1, 0.15) is 0 Å². The lowest BCUT2D eigenvalue weighted by Crippen LogP contribution is -2.28. The van der Waals surface area contributed by atoms with E-state index in [1.54, 1.807) is 41.2 Å². The standard InChI is InChI=1S/C15H18F3N3/c1-21-13(8-10-20-21)7-9-19-14(11-15(16,17)18)12-5-3-2-4-6-12/h2-6,8,10,14,19H,7,9,11H2,1H3. The van der Waals surface area contributed by atoms with Crippen LogP contribution >= 0.6 is 0 Å². The third-order valence-electron chi connectivity index (χ3n) is 3.33. The molecule has 0 bridgehead atoms. The van der Waals surface area contributed by atoms with Crippen LogP contribution in [0.15, 0.2) is 42.6 Å². The first-order chi connectivity index (χ1) is 9.96. The monoisotopic (exact) mass is 297 g/mol. The highest BCUT2D eigenvalue weighted by Gasteiger charge is 2.32. The predicted octanol–water partition coefficient (Wildman–Crippen LogP) is 3.25. The lowest BCUT2D eigenvalue weighted by atomic mass is 10.0. The molecular formula is C15H18F3N3. The van der Waals surface area contributed by atoms with Crippen molar-refractivity contribution in [3.8, 4) is 0 Å². The van der Waals surface area contributed by atoms with Crippen LogP contribution < -0.4 is 5.32 Å². The number of aryl methyl sites for hydroxylation is 1. The van der Waals surface area contributed by atoms with Gasteiger partial charge in [-0.15, -0.1) is 0 Å². The number of alkyl halides is 3. The van der Waals surface area contributed by atoms with Gasteiger partial charge in [-0.2, -0.15) is 18.3 Å². The number of halogens is 3. The van der Waals surface area contributed by atoms with E-state index in [1.165, 1.54) is 0 Å². The Morgan fingerprint density at radius 1 is 1.19 bits per heavy atom. The molecule has 114 valence electrons. The van der Waals surface area contributed by atoms with Crippen molar-refractivity contribution in [2.75, 3.05) is 6.54 Å². The third-order valence-corrected chi connectivity index (χ3v) is 3.33. The van der Waals surface area contributed by atoms with Gasteiger partial charge in [-0.1, -0.05) is 30.3 Å². The van der Waals surface area contributed by atoms with Crippen molar-refractivity contribution in [1.82, 2.24) is 15.1 Å². The van der Waals surface area contributed by atoms with E-state index in [9.17, 15) is 13.2 Å². The summed E-state index contributed by atoms with van der Waals surface area (Å²) in [6.45, 7) is 0.467. The molecule has 1 unspecified atom stereocenters. The highest BCUT2D eigenvalue weighted by molar-refractivity contribution is 5.19. The van der Waals surface area contributed by atoms with Crippen molar-refractivity contribution >= 4 is 0 Å². The molecule has 1 aromatic heterocycles. The minimum Gasteiger partial charge on any atom is -0.309 e. The Balaban J connectivity index is 1.98. The number of hydrogen-bond donors (Lipinski definition) is 1. The van der Waals surface area contributed by atoms with Gasteiger partial charge < -0.3 is 5.32 Å². The summed E-state index contributed by atoms with van der Waals surface area (Å²) in [6.07, 6.45) is -2.75. The van der Waals surface area contributed by atoms with E-state index in [-0.39, 0.29) is 0 Å². The van der Waals surface area contributed by atoms with Gasteiger partial charge in [0.15, 0.2) is 0 Å². The normalized spacial score (nSPS) is 13.3. The quantitative estimate of drug-likeness (QED) is 0.887. The van der Waals surface area contributed by atoms with Gasteiger partial charge in [0, 0.05) is 37.9 Å². The van der Waals surface area contributed by atoms with E-state index >= 15 is 0 Å². The molecule has 1 aromatic carbocycles. The van der Waals surface area contributed by atoms with Crippen molar-refractivity contribution < 1.29 is 13.2 Å². The molecule has 3 nitrogen and oxygen atoms in total. The average molecular weight is 297 g/mol. The molecule has 2 rings (SSSR count). The highest BCUT2D eigenvalue weighted by atomic mass is 19.4. The molecule has 1 N–H and O–H groups in total. The van der Waals surface area contributed by atoms with E-state index in [4.69, 9.17) is 0 Å². The molecule has 0 aliphatic heterocycles. The van der Waals surface area contributed by atoms with Crippen LogP contribution in [0.3, 0.4) is 0 Å². The molecular weight excluding hydrogens is 279 g/mol. The molecule has 1 heterocycles. The molecule has 2 aromatic rings. The van der Waals surface area contributed by atoms with Crippen LogP contribution in [0.1, 0.15) is 23.7 Å². The Kier molecular flexibility index (Phi) is 5.01. The Morgan fingerprint density at radius 3 is 2.48 bits per heavy atom. The summed E-state index contributed by atoms with van der Waals surface area (Å²) < 4.78 is 39.8. The van der Waals surface area contributed by atoms with Crippen LogP contribution in [0.25, 0.3) is 0 Å². The number of benzene rings is 1. The second kappa shape index (κ2) is 6.76. The summed E-state index contributed by atoms with van der Waals surface area (Å²) in [7, 11) is 1.82.